The maximum atomic E-state index is 12.1. The SMILES string of the molecule is C=CCNC(=O)CCN(c1ccc(OCc2ccccc2)cc1)S(C)(=O)=O. The zero-order valence-corrected chi connectivity index (χ0v) is 16.1. The van der Waals surface area contributed by atoms with E-state index in [4.69, 9.17) is 4.74 Å². The van der Waals surface area contributed by atoms with Crippen molar-refractivity contribution < 1.29 is 17.9 Å². The molecule has 2 aromatic carbocycles. The Morgan fingerprint density at radius 2 is 1.81 bits per heavy atom. The topological polar surface area (TPSA) is 75.7 Å². The second kappa shape index (κ2) is 9.78. The number of ether oxygens (including phenoxy) is 1. The number of carbonyl (C=O) groups is 1. The fourth-order valence-corrected chi connectivity index (χ4v) is 3.34. The molecule has 0 saturated heterocycles. The summed E-state index contributed by atoms with van der Waals surface area (Å²) in [5, 5.41) is 2.63. The summed E-state index contributed by atoms with van der Waals surface area (Å²) < 4.78 is 31.1. The second-order valence-electron chi connectivity index (χ2n) is 5.95. The Hall–Kier alpha value is -2.80. The van der Waals surface area contributed by atoms with E-state index in [2.05, 4.69) is 11.9 Å². The van der Waals surface area contributed by atoms with Crippen molar-refractivity contribution in [3.8, 4) is 5.75 Å². The van der Waals surface area contributed by atoms with Crippen LogP contribution in [0.3, 0.4) is 0 Å². The van der Waals surface area contributed by atoms with Gasteiger partial charge in [-0.2, -0.15) is 0 Å². The minimum Gasteiger partial charge on any atom is -0.489 e. The van der Waals surface area contributed by atoms with E-state index in [1.165, 1.54) is 4.31 Å². The molecule has 7 heteroatoms. The fourth-order valence-electron chi connectivity index (χ4n) is 2.41. The highest BCUT2D eigenvalue weighted by Crippen LogP contribution is 2.22. The molecule has 0 aliphatic heterocycles. The first-order chi connectivity index (χ1) is 12.9. The zero-order chi connectivity index (χ0) is 19.7. The number of nitrogens with zero attached hydrogens (tertiary/aromatic N) is 1. The van der Waals surface area contributed by atoms with E-state index in [0.717, 1.165) is 11.8 Å². The van der Waals surface area contributed by atoms with Gasteiger partial charge in [0, 0.05) is 19.5 Å². The predicted octanol–water partition coefficient (Wildman–Crippen LogP) is 2.72. The lowest BCUT2D eigenvalue weighted by Gasteiger charge is -2.22. The Morgan fingerprint density at radius 3 is 2.41 bits per heavy atom. The van der Waals surface area contributed by atoms with Crippen LogP contribution in [0, 0.1) is 0 Å². The molecule has 2 aromatic rings. The highest BCUT2D eigenvalue weighted by Gasteiger charge is 2.18. The van der Waals surface area contributed by atoms with Gasteiger partial charge in [0.2, 0.25) is 15.9 Å². The molecule has 27 heavy (non-hydrogen) atoms. The van der Waals surface area contributed by atoms with Crippen molar-refractivity contribution in [2.45, 2.75) is 13.0 Å². The van der Waals surface area contributed by atoms with Gasteiger partial charge in [-0.3, -0.25) is 9.10 Å². The lowest BCUT2D eigenvalue weighted by molar-refractivity contribution is -0.120. The number of amides is 1. The Kier molecular flexibility index (Phi) is 7.43. The highest BCUT2D eigenvalue weighted by molar-refractivity contribution is 7.92. The van der Waals surface area contributed by atoms with Crippen LogP contribution in [0.5, 0.6) is 5.75 Å². The monoisotopic (exact) mass is 388 g/mol. The number of carbonyl (C=O) groups excluding carboxylic acids is 1. The van der Waals surface area contributed by atoms with E-state index >= 15 is 0 Å². The van der Waals surface area contributed by atoms with Gasteiger partial charge in [0.15, 0.2) is 0 Å². The number of anilines is 1. The first-order valence-corrected chi connectivity index (χ1v) is 10.4. The molecule has 1 amide bonds. The van der Waals surface area contributed by atoms with Gasteiger partial charge in [-0.05, 0) is 29.8 Å². The number of sulfonamides is 1. The smallest absolute Gasteiger partial charge is 0.232 e. The van der Waals surface area contributed by atoms with Crippen molar-refractivity contribution in [3.63, 3.8) is 0 Å². The Balaban J connectivity index is 2.01. The average Bonchev–Trinajstić information content (AvgIpc) is 2.65. The molecule has 1 N–H and O–H groups in total. The van der Waals surface area contributed by atoms with Crippen molar-refractivity contribution in [3.05, 3.63) is 72.8 Å². The first kappa shape index (κ1) is 20.5. The third-order valence-electron chi connectivity index (χ3n) is 3.76. The molecule has 0 aliphatic carbocycles. The lowest BCUT2D eigenvalue weighted by atomic mass is 10.2. The molecule has 144 valence electrons. The van der Waals surface area contributed by atoms with E-state index in [1.807, 2.05) is 30.3 Å². The van der Waals surface area contributed by atoms with Crippen LogP contribution in [0.4, 0.5) is 5.69 Å². The van der Waals surface area contributed by atoms with Crippen LogP contribution >= 0.6 is 0 Å². The Labute approximate surface area is 160 Å². The number of rotatable bonds is 10. The standard InChI is InChI=1S/C20H24N2O4S/c1-3-14-21-20(23)13-15-22(27(2,24)25)18-9-11-19(12-10-18)26-16-17-7-5-4-6-8-17/h3-12H,1,13-16H2,2H3,(H,21,23). The summed E-state index contributed by atoms with van der Waals surface area (Å²) in [4.78, 5) is 11.7. The Morgan fingerprint density at radius 1 is 1.15 bits per heavy atom. The van der Waals surface area contributed by atoms with E-state index < -0.39 is 10.0 Å². The molecule has 0 saturated carbocycles. The van der Waals surface area contributed by atoms with Crippen LogP contribution in [0.1, 0.15) is 12.0 Å². The van der Waals surface area contributed by atoms with Crippen LogP contribution < -0.4 is 14.4 Å². The molecule has 0 unspecified atom stereocenters. The van der Waals surface area contributed by atoms with Gasteiger partial charge in [0.05, 0.1) is 11.9 Å². The zero-order valence-electron chi connectivity index (χ0n) is 15.3. The molecule has 0 bridgehead atoms. The predicted molar refractivity (Wildman–Crippen MR) is 107 cm³/mol. The van der Waals surface area contributed by atoms with Gasteiger partial charge in [-0.15, -0.1) is 6.58 Å². The van der Waals surface area contributed by atoms with Gasteiger partial charge < -0.3 is 10.1 Å². The molecule has 0 heterocycles. The van der Waals surface area contributed by atoms with E-state index in [-0.39, 0.29) is 18.9 Å². The summed E-state index contributed by atoms with van der Waals surface area (Å²) in [5.74, 6) is 0.408. The lowest BCUT2D eigenvalue weighted by Crippen LogP contribution is -2.34. The third kappa shape index (κ3) is 6.79. The highest BCUT2D eigenvalue weighted by atomic mass is 32.2. The summed E-state index contributed by atoms with van der Waals surface area (Å²) in [7, 11) is -3.51. The molecule has 0 radical (unpaired) electrons. The van der Waals surface area contributed by atoms with Crippen molar-refractivity contribution >= 4 is 21.6 Å². The molecule has 0 fully saturated rings. The number of hydrogen-bond donors (Lipinski definition) is 1. The quantitative estimate of drug-likeness (QED) is 0.635. The van der Waals surface area contributed by atoms with Gasteiger partial charge in [0.1, 0.15) is 12.4 Å². The number of benzene rings is 2. The van der Waals surface area contributed by atoms with Crippen LogP contribution in [-0.4, -0.2) is 33.7 Å². The first-order valence-electron chi connectivity index (χ1n) is 8.52. The summed E-state index contributed by atoms with van der Waals surface area (Å²) in [6.45, 7) is 4.37. The van der Waals surface area contributed by atoms with Gasteiger partial charge in [-0.1, -0.05) is 36.4 Å². The van der Waals surface area contributed by atoms with Gasteiger partial charge in [-0.25, -0.2) is 8.42 Å². The largest absolute Gasteiger partial charge is 0.489 e. The van der Waals surface area contributed by atoms with E-state index in [0.29, 0.717) is 24.6 Å². The van der Waals surface area contributed by atoms with Crippen LogP contribution in [0.2, 0.25) is 0 Å². The van der Waals surface area contributed by atoms with Crippen molar-refractivity contribution in [2.75, 3.05) is 23.7 Å². The minimum atomic E-state index is -3.51. The van der Waals surface area contributed by atoms with Crippen LogP contribution in [-0.2, 0) is 21.4 Å². The normalized spacial score (nSPS) is 10.9. The average molecular weight is 388 g/mol. The maximum Gasteiger partial charge on any atom is 0.232 e. The molecule has 0 spiro atoms. The Bertz CT molecular complexity index is 849. The summed E-state index contributed by atoms with van der Waals surface area (Å²) in [6, 6.07) is 16.5. The van der Waals surface area contributed by atoms with E-state index in [9.17, 15) is 13.2 Å². The number of hydrogen-bond acceptors (Lipinski definition) is 4. The summed E-state index contributed by atoms with van der Waals surface area (Å²) in [5.41, 5.74) is 1.53. The van der Waals surface area contributed by atoms with Gasteiger partial charge >= 0.3 is 0 Å². The second-order valence-corrected chi connectivity index (χ2v) is 7.85. The number of nitrogens with one attached hydrogen (secondary N) is 1. The maximum absolute atomic E-state index is 12.1. The molecule has 0 aromatic heterocycles. The summed E-state index contributed by atoms with van der Waals surface area (Å²) >= 11 is 0. The fraction of sp³-hybridized carbons (Fsp3) is 0.250. The minimum absolute atomic E-state index is 0.0615. The van der Waals surface area contributed by atoms with E-state index in [1.54, 1.807) is 30.3 Å². The van der Waals surface area contributed by atoms with Crippen molar-refractivity contribution in [1.82, 2.24) is 5.32 Å². The molecular formula is C20H24N2O4S. The third-order valence-corrected chi connectivity index (χ3v) is 4.95. The van der Waals surface area contributed by atoms with Crippen LogP contribution in [0.15, 0.2) is 67.3 Å². The molecule has 2 rings (SSSR count). The van der Waals surface area contributed by atoms with Gasteiger partial charge in [0.25, 0.3) is 0 Å². The molecular weight excluding hydrogens is 364 g/mol. The molecule has 6 nitrogen and oxygen atoms in total. The summed E-state index contributed by atoms with van der Waals surface area (Å²) in [6.07, 6.45) is 2.75. The van der Waals surface area contributed by atoms with Crippen LogP contribution in [0.25, 0.3) is 0 Å². The molecule has 0 atom stereocenters. The van der Waals surface area contributed by atoms with Crippen molar-refractivity contribution in [1.29, 1.82) is 0 Å². The van der Waals surface area contributed by atoms with Crippen molar-refractivity contribution in [2.24, 2.45) is 0 Å². The molecule has 0 aliphatic rings.